The molecular formula is C12H20ClN5. The third-order valence-electron chi connectivity index (χ3n) is 2.71. The Balaban J connectivity index is 0.00000162. The fraction of sp³-hybridized carbons (Fsp3) is 0.500. The lowest BCUT2D eigenvalue weighted by Gasteiger charge is -2.07. The van der Waals surface area contributed by atoms with Gasteiger partial charge in [-0.25, -0.2) is 0 Å². The van der Waals surface area contributed by atoms with Crippen LogP contribution in [0.1, 0.15) is 24.7 Å². The van der Waals surface area contributed by atoms with E-state index < -0.39 is 0 Å². The molecule has 0 aromatic carbocycles. The van der Waals surface area contributed by atoms with Gasteiger partial charge in [-0.1, -0.05) is 6.92 Å². The van der Waals surface area contributed by atoms with Crippen molar-refractivity contribution < 1.29 is 0 Å². The summed E-state index contributed by atoms with van der Waals surface area (Å²) in [6, 6.07) is 2.05. The second-order valence-electron chi connectivity index (χ2n) is 4.20. The van der Waals surface area contributed by atoms with E-state index in [4.69, 9.17) is 0 Å². The van der Waals surface area contributed by atoms with E-state index in [9.17, 15) is 0 Å². The molecule has 6 heteroatoms. The van der Waals surface area contributed by atoms with Gasteiger partial charge in [0.2, 0.25) is 0 Å². The van der Waals surface area contributed by atoms with E-state index in [-0.39, 0.29) is 12.4 Å². The summed E-state index contributed by atoms with van der Waals surface area (Å²) in [5, 5.41) is 12.0. The molecule has 0 aliphatic heterocycles. The van der Waals surface area contributed by atoms with Crippen LogP contribution in [-0.4, -0.2) is 19.6 Å². The summed E-state index contributed by atoms with van der Waals surface area (Å²) in [5.41, 5.74) is 3.31. The number of nitrogens with zero attached hydrogens (tertiary/aromatic N) is 4. The van der Waals surface area contributed by atoms with Gasteiger partial charge < -0.3 is 5.32 Å². The predicted molar refractivity (Wildman–Crippen MR) is 75.0 cm³/mol. The van der Waals surface area contributed by atoms with E-state index in [1.54, 1.807) is 0 Å². The third kappa shape index (κ3) is 3.26. The number of hydrogen-bond acceptors (Lipinski definition) is 3. The van der Waals surface area contributed by atoms with E-state index in [0.717, 1.165) is 30.9 Å². The topological polar surface area (TPSA) is 47.7 Å². The number of aryl methyl sites for hydroxylation is 3. The Morgan fingerprint density at radius 1 is 1.39 bits per heavy atom. The third-order valence-corrected chi connectivity index (χ3v) is 2.71. The second kappa shape index (κ2) is 6.44. The maximum Gasteiger partial charge on any atom is 0.0825 e. The first-order valence-corrected chi connectivity index (χ1v) is 5.95. The Hall–Kier alpha value is -1.49. The monoisotopic (exact) mass is 269 g/mol. The van der Waals surface area contributed by atoms with Crippen LogP contribution in [0, 0.1) is 6.92 Å². The molecule has 0 saturated carbocycles. The minimum atomic E-state index is 0. The Bertz CT molecular complexity index is 488. The van der Waals surface area contributed by atoms with Crippen LogP contribution in [0.2, 0.25) is 0 Å². The van der Waals surface area contributed by atoms with Gasteiger partial charge in [0.1, 0.15) is 0 Å². The molecule has 0 unspecified atom stereocenters. The molecule has 0 aliphatic carbocycles. The van der Waals surface area contributed by atoms with Crippen LogP contribution in [0.15, 0.2) is 18.5 Å². The summed E-state index contributed by atoms with van der Waals surface area (Å²) in [7, 11) is 1.93. The van der Waals surface area contributed by atoms with E-state index in [1.807, 2.05) is 41.8 Å². The summed E-state index contributed by atoms with van der Waals surface area (Å²) in [5.74, 6) is 0. The van der Waals surface area contributed by atoms with Gasteiger partial charge in [0.05, 0.1) is 23.6 Å². The van der Waals surface area contributed by atoms with Crippen LogP contribution in [0.5, 0.6) is 0 Å². The van der Waals surface area contributed by atoms with Gasteiger partial charge in [-0.3, -0.25) is 9.36 Å². The van der Waals surface area contributed by atoms with E-state index in [0.29, 0.717) is 0 Å². The van der Waals surface area contributed by atoms with E-state index in [1.165, 1.54) is 5.69 Å². The molecule has 0 radical (unpaired) electrons. The molecule has 0 fully saturated rings. The summed E-state index contributed by atoms with van der Waals surface area (Å²) in [6.45, 7) is 5.92. The number of hydrogen-bond donors (Lipinski definition) is 1. The lowest BCUT2D eigenvalue weighted by Crippen LogP contribution is -2.09. The highest BCUT2D eigenvalue weighted by Crippen LogP contribution is 2.13. The highest BCUT2D eigenvalue weighted by atomic mass is 35.5. The van der Waals surface area contributed by atoms with Crippen molar-refractivity contribution in [1.82, 2.24) is 19.6 Å². The average Bonchev–Trinajstić information content (AvgIpc) is 2.83. The van der Waals surface area contributed by atoms with Crippen LogP contribution in [0.25, 0.3) is 0 Å². The molecule has 0 atom stereocenters. The highest BCUT2D eigenvalue weighted by Gasteiger charge is 2.05. The maximum atomic E-state index is 4.30. The Labute approximate surface area is 114 Å². The molecule has 2 aromatic rings. The summed E-state index contributed by atoms with van der Waals surface area (Å²) >= 11 is 0. The molecule has 2 aromatic heterocycles. The minimum Gasteiger partial charge on any atom is -0.377 e. The van der Waals surface area contributed by atoms with Crippen LogP contribution < -0.4 is 5.32 Å². The molecule has 18 heavy (non-hydrogen) atoms. The summed E-state index contributed by atoms with van der Waals surface area (Å²) in [6.07, 6.45) is 4.94. The van der Waals surface area contributed by atoms with Crippen molar-refractivity contribution in [3.05, 3.63) is 29.8 Å². The Morgan fingerprint density at radius 2 is 2.17 bits per heavy atom. The highest BCUT2D eigenvalue weighted by molar-refractivity contribution is 5.85. The Kier molecular flexibility index (Phi) is 5.22. The second-order valence-corrected chi connectivity index (χ2v) is 4.20. The normalized spacial score (nSPS) is 10.2. The van der Waals surface area contributed by atoms with Crippen molar-refractivity contribution >= 4 is 18.1 Å². The van der Waals surface area contributed by atoms with Crippen LogP contribution in [0.3, 0.4) is 0 Å². The van der Waals surface area contributed by atoms with Gasteiger partial charge in [-0.15, -0.1) is 12.4 Å². The van der Waals surface area contributed by atoms with Crippen molar-refractivity contribution in [3.8, 4) is 0 Å². The molecule has 5 nitrogen and oxygen atoms in total. The van der Waals surface area contributed by atoms with Gasteiger partial charge in [0, 0.05) is 26.0 Å². The zero-order chi connectivity index (χ0) is 12.3. The molecule has 100 valence electrons. The average molecular weight is 270 g/mol. The first-order valence-electron chi connectivity index (χ1n) is 5.95. The molecule has 1 N–H and O–H groups in total. The van der Waals surface area contributed by atoms with Crippen molar-refractivity contribution in [2.75, 3.05) is 5.32 Å². The fourth-order valence-electron chi connectivity index (χ4n) is 1.88. The zero-order valence-electron chi connectivity index (χ0n) is 11.1. The first kappa shape index (κ1) is 14.6. The maximum absolute atomic E-state index is 4.30. The van der Waals surface area contributed by atoms with Crippen molar-refractivity contribution in [2.24, 2.45) is 7.05 Å². The lowest BCUT2D eigenvalue weighted by molar-refractivity contribution is 0.578. The molecule has 2 heterocycles. The van der Waals surface area contributed by atoms with Crippen LogP contribution in [0.4, 0.5) is 5.69 Å². The van der Waals surface area contributed by atoms with Gasteiger partial charge in [-0.2, -0.15) is 10.2 Å². The number of aromatic nitrogens is 4. The minimum absolute atomic E-state index is 0. The molecular weight excluding hydrogens is 250 g/mol. The van der Waals surface area contributed by atoms with E-state index in [2.05, 4.69) is 22.4 Å². The van der Waals surface area contributed by atoms with Gasteiger partial charge in [0.25, 0.3) is 0 Å². The molecule has 2 rings (SSSR count). The van der Waals surface area contributed by atoms with Gasteiger partial charge in [0.15, 0.2) is 0 Å². The van der Waals surface area contributed by atoms with Crippen molar-refractivity contribution in [3.63, 3.8) is 0 Å². The van der Waals surface area contributed by atoms with Crippen molar-refractivity contribution in [2.45, 2.75) is 33.4 Å². The number of rotatable bonds is 5. The Morgan fingerprint density at radius 3 is 2.78 bits per heavy atom. The quantitative estimate of drug-likeness (QED) is 0.907. The lowest BCUT2D eigenvalue weighted by atomic mass is 10.3. The summed E-state index contributed by atoms with van der Waals surface area (Å²) in [4.78, 5) is 0. The zero-order valence-corrected chi connectivity index (χ0v) is 11.9. The standard InChI is InChI=1S/C12H19N5.ClH/c1-4-7-17-11(5-6-14-17)8-13-12-9-16(3)15-10(12)2;/h5-6,9,13H,4,7-8H2,1-3H3;1H. The molecule has 0 spiro atoms. The summed E-state index contributed by atoms with van der Waals surface area (Å²) < 4.78 is 3.86. The fourth-order valence-corrected chi connectivity index (χ4v) is 1.88. The van der Waals surface area contributed by atoms with Crippen LogP contribution in [-0.2, 0) is 20.1 Å². The largest absolute Gasteiger partial charge is 0.377 e. The van der Waals surface area contributed by atoms with Gasteiger partial charge in [-0.05, 0) is 19.4 Å². The number of anilines is 1. The van der Waals surface area contributed by atoms with Crippen LogP contribution >= 0.6 is 12.4 Å². The molecule has 0 amide bonds. The molecule has 0 aliphatic rings. The number of halogens is 1. The number of nitrogens with one attached hydrogen (secondary N) is 1. The molecule has 0 saturated heterocycles. The molecule has 0 bridgehead atoms. The van der Waals surface area contributed by atoms with Crippen molar-refractivity contribution in [1.29, 1.82) is 0 Å². The van der Waals surface area contributed by atoms with Gasteiger partial charge >= 0.3 is 0 Å². The predicted octanol–water partition coefficient (Wildman–Crippen LogP) is 2.37. The SMILES string of the molecule is CCCn1nccc1CNc1cn(C)nc1C.Cl. The smallest absolute Gasteiger partial charge is 0.0825 e. The first-order chi connectivity index (χ1) is 8.20. The van der Waals surface area contributed by atoms with E-state index >= 15 is 0 Å².